The molecule has 2 N–H and O–H groups in total. The minimum Gasteiger partial charge on any atom is -0.457 e. The number of likely N-dealkylation sites (tertiary alicyclic amines) is 1. The van der Waals surface area contributed by atoms with Crippen molar-refractivity contribution in [2.45, 2.75) is 12.5 Å². The molecule has 1 fully saturated rings. The van der Waals surface area contributed by atoms with Gasteiger partial charge in [-0.2, -0.15) is 5.10 Å². The molecule has 0 aliphatic carbocycles. The average Bonchev–Trinajstić information content (AvgIpc) is 3.46. The molecule has 5 rings (SSSR count). The first-order valence-electron chi connectivity index (χ1n) is 10.7. The number of ether oxygens (including phenoxy) is 1. The van der Waals surface area contributed by atoms with E-state index in [0.717, 1.165) is 40.1 Å². The lowest BCUT2D eigenvalue weighted by Gasteiger charge is -2.15. The molecule has 3 aromatic carbocycles. The Kier molecular flexibility index (Phi) is 5.11. The summed E-state index contributed by atoms with van der Waals surface area (Å²) in [5.41, 5.74) is 9.83. The standard InChI is InChI=1S/C26H24N4O2/c1-2-24(31)29-16-15-19(17-29)30-23-10-6-9-22(27)25(23)26(28-30)18-11-13-21(14-12-18)32-20-7-4-3-5-8-20/h2-14,19H,1,15-17,27H2. The first-order chi connectivity index (χ1) is 15.6. The van der Waals surface area contributed by atoms with Gasteiger partial charge in [0.1, 0.15) is 17.2 Å². The molecule has 160 valence electrons. The van der Waals surface area contributed by atoms with Crippen LogP contribution < -0.4 is 10.5 Å². The molecule has 1 unspecified atom stereocenters. The van der Waals surface area contributed by atoms with Gasteiger partial charge in [-0.1, -0.05) is 30.8 Å². The highest BCUT2D eigenvalue weighted by Crippen LogP contribution is 2.36. The fourth-order valence-corrected chi connectivity index (χ4v) is 4.27. The SMILES string of the molecule is C=CC(=O)N1CCC(n2nc(-c3ccc(Oc4ccccc4)cc3)c3c(N)cccc32)C1. The Morgan fingerprint density at radius 1 is 1.03 bits per heavy atom. The van der Waals surface area contributed by atoms with Crippen LogP contribution in [0.1, 0.15) is 12.5 Å². The molecule has 2 heterocycles. The van der Waals surface area contributed by atoms with Gasteiger partial charge >= 0.3 is 0 Å². The van der Waals surface area contributed by atoms with Crippen molar-refractivity contribution >= 4 is 22.5 Å². The fourth-order valence-electron chi connectivity index (χ4n) is 4.27. The Balaban J connectivity index is 1.49. The van der Waals surface area contributed by atoms with Crippen molar-refractivity contribution in [1.29, 1.82) is 0 Å². The zero-order valence-corrected chi connectivity index (χ0v) is 17.6. The van der Waals surface area contributed by atoms with Gasteiger partial charge in [-0.25, -0.2) is 0 Å². The normalized spacial score (nSPS) is 15.8. The third-order valence-electron chi connectivity index (χ3n) is 5.87. The Morgan fingerprint density at radius 3 is 2.53 bits per heavy atom. The lowest BCUT2D eigenvalue weighted by atomic mass is 10.1. The van der Waals surface area contributed by atoms with Gasteiger partial charge in [0.05, 0.1) is 16.9 Å². The molecule has 0 saturated carbocycles. The van der Waals surface area contributed by atoms with E-state index < -0.39 is 0 Å². The van der Waals surface area contributed by atoms with Gasteiger partial charge in [-0.05, 0) is 61.0 Å². The number of anilines is 1. The molecule has 6 heteroatoms. The lowest BCUT2D eigenvalue weighted by molar-refractivity contribution is -0.125. The molecule has 1 aromatic heterocycles. The Hall–Kier alpha value is -4.06. The van der Waals surface area contributed by atoms with Crippen LogP contribution in [0.5, 0.6) is 11.5 Å². The highest BCUT2D eigenvalue weighted by Gasteiger charge is 2.29. The van der Waals surface area contributed by atoms with Gasteiger partial charge in [0.15, 0.2) is 0 Å². The fraction of sp³-hybridized carbons (Fsp3) is 0.154. The van der Waals surface area contributed by atoms with E-state index in [1.165, 1.54) is 6.08 Å². The monoisotopic (exact) mass is 424 g/mol. The molecule has 32 heavy (non-hydrogen) atoms. The number of hydrogen-bond donors (Lipinski definition) is 1. The van der Waals surface area contributed by atoms with Gasteiger partial charge in [0.2, 0.25) is 5.91 Å². The number of carbonyl (C=O) groups is 1. The topological polar surface area (TPSA) is 73.4 Å². The summed E-state index contributed by atoms with van der Waals surface area (Å²) in [6.45, 7) is 4.91. The molecular formula is C26H24N4O2. The molecule has 0 spiro atoms. The van der Waals surface area contributed by atoms with Crippen LogP contribution in [-0.4, -0.2) is 33.7 Å². The highest BCUT2D eigenvalue weighted by molar-refractivity contribution is 6.01. The molecular weight excluding hydrogens is 400 g/mol. The average molecular weight is 425 g/mol. The van der Waals surface area contributed by atoms with E-state index in [0.29, 0.717) is 18.8 Å². The first kappa shape index (κ1) is 19.9. The molecule has 0 radical (unpaired) electrons. The molecule has 1 saturated heterocycles. The van der Waals surface area contributed by atoms with E-state index in [1.54, 1.807) is 0 Å². The van der Waals surface area contributed by atoms with E-state index in [1.807, 2.05) is 82.4 Å². The van der Waals surface area contributed by atoms with Crippen molar-refractivity contribution in [2.75, 3.05) is 18.8 Å². The molecule has 0 bridgehead atoms. The van der Waals surface area contributed by atoms with Crippen LogP contribution in [0.25, 0.3) is 22.2 Å². The Bertz CT molecular complexity index is 1280. The lowest BCUT2D eigenvalue weighted by Crippen LogP contribution is -2.27. The minimum absolute atomic E-state index is 0.0438. The predicted octanol–water partition coefficient (Wildman–Crippen LogP) is 5.04. The van der Waals surface area contributed by atoms with E-state index in [2.05, 4.69) is 6.58 Å². The number of carbonyl (C=O) groups excluding carboxylic acids is 1. The summed E-state index contributed by atoms with van der Waals surface area (Å²) >= 11 is 0. The number of hydrogen-bond acceptors (Lipinski definition) is 4. The second-order valence-corrected chi connectivity index (χ2v) is 7.90. The molecule has 6 nitrogen and oxygen atoms in total. The molecule has 4 aromatic rings. The Labute approximate surface area is 186 Å². The number of benzene rings is 3. The summed E-state index contributed by atoms with van der Waals surface area (Å²) < 4.78 is 7.94. The van der Waals surface area contributed by atoms with Gasteiger partial charge < -0.3 is 15.4 Å². The number of aromatic nitrogens is 2. The largest absolute Gasteiger partial charge is 0.457 e. The summed E-state index contributed by atoms with van der Waals surface area (Å²) in [4.78, 5) is 13.9. The van der Waals surface area contributed by atoms with Crippen molar-refractivity contribution in [3.63, 3.8) is 0 Å². The molecule has 1 aliphatic heterocycles. The summed E-state index contributed by atoms with van der Waals surface area (Å²) in [6.07, 6.45) is 2.21. The van der Waals surface area contributed by atoms with Crippen LogP contribution in [0, 0.1) is 0 Å². The summed E-state index contributed by atoms with van der Waals surface area (Å²) in [5.74, 6) is 1.50. The highest BCUT2D eigenvalue weighted by atomic mass is 16.5. The second-order valence-electron chi connectivity index (χ2n) is 7.90. The summed E-state index contributed by atoms with van der Waals surface area (Å²) in [5, 5.41) is 5.90. The van der Waals surface area contributed by atoms with E-state index in [-0.39, 0.29) is 11.9 Å². The molecule has 1 amide bonds. The number of amides is 1. The van der Waals surface area contributed by atoms with E-state index in [9.17, 15) is 4.79 Å². The summed E-state index contributed by atoms with van der Waals surface area (Å²) in [7, 11) is 0. The number of fused-ring (bicyclic) bond motifs is 1. The van der Waals surface area contributed by atoms with Gasteiger partial charge in [0, 0.05) is 24.3 Å². The molecule has 1 atom stereocenters. The quantitative estimate of drug-likeness (QED) is 0.360. The minimum atomic E-state index is -0.0438. The van der Waals surface area contributed by atoms with Crippen LogP contribution in [0.4, 0.5) is 5.69 Å². The van der Waals surface area contributed by atoms with Crippen molar-refractivity contribution < 1.29 is 9.53 Å². The number of nitrogen functional groups attached to an aromatic ring is 1. The number of rotatable bonds is 5. The van der Waals surface area contributed by atoms with Crippen LogP contribution >= 0.6 is 0 Å². The zero-order chi connectivity index (χ0) is 22.1. The van der Waals surface area contributed by atoms with Gasteiger partial charge in [-0.15, -0.1) is 0 Å². The Morgan fingerprint density at radius 2 is 1.78 bits per heavy atom. The maximum Gasteiger partial charge on any atom is 0.246 e. The van der Waals surface area contributed by atoms with Crippen molar-refractivity contribution in [3.8, 4) is 22.8 Å². The predicted molar refractivity (Wildman–Crippen MR) is 127 cm³/mol. The van der Waals surface area contributed by atoms with Crippen LogP contribution in [0.15, 0.2) is 85.5 Å². The second kappa shape index (κ2) is 8.23. The van der Waals surface area contributed by atoms with E-state index >= 15 is 0 Å². The van der Waals surface area contributed by atoms with Crippen molar-refractivity contribution in [3.05, 3.63) is 85.5 Å². The van der Waals surface area contributed by atoms with Crippen LogP contribution in [0.3, 0.4) is 0 Å². The maximum atomic E-state index is 12.0. The van der Waals surface area contributed by atoms with Crippen molar-refractivity contribution in [2.24, 2.45) is 0 Å². The number of para-hydroxylation sites is 1. The van der Waals surface area contributed by atoms with Crippen LogP contribution in [0.2, 0.25) is 0 Å². The van der Waals surface area contributed by atoms with Crippen LogP contribution in [-0.2, 0) is 4.79 Å². The number of nitrogens with zero attached hydrogens (tertiary/aromatic N) is 3. The zero-order valence-electron chi connectivity index (χ0n) is 17.6. The molecule has 1 aliphatic rings. The van der Waals surface area contributed by atoms with Gasteiger partial charge in [-0.3, -0.25) is 9.48 Å². The number of nitrogens with two attached hydrogens (primary N) is 1. The van der Waals surface area contributed by atoms with Gasteiger partial charge in [0.25, 0.3) is 0 Å². The maximum absolute atomic E-state index is 12.0. The third kappa shape index (κ3) is 3.60. The first-order valence-corrected chi connectivity index (χ1v) is 10.7. The summed E-state index contributed by atoms with van der Waals surface area (Å²) in [6, 6.07) is 23.5. The smallest absolute Gasteiger partial charge is 0.246 e. The van der Waals surface area contributed by atoms with E-state index in [4.69, 9.17) is 15.6 Å². The third-order valence-corrected chi connectivity index (χ3v) is 5.87. The van der Waals surface area contributed by atoms with Crippen molar-refractivity contribution in [1.82, 2.24) is 14.7 Å².